The van der Waals surface area contributed by atoms with Crippen molar-refractivity contribution in [3.05, 3.63) is 34.1 Å². The fraction of sp³-hybridized carbons (Fsp3) is 0.429. The highest BCUT2D eigenvalue weighted by Gasteiger charge is 2.17. The maximum atomic E-state index is 5.80. The molecule has 4 nitrogen and oxygen atoms in total. The summed E-state index contributed by atoms with van der Waals surface area (Å²) in [5.74, 6) is 1.20. The van der Waals surface area contributed by atoms with Crippen molar-refractivity contribution in [2.75, 3.05) is 6.54 Å². The number of halogens is 1. The van der Waals surface area contributed by atoms with Gasteiger partial charge in [-0.15, -0.1) is 10.2 Å². The molecule has 0 bridgehead atoms. The van der Waals surface area contributed by atoms with Gasteiger partial charge in [0.15, 0.2) is 0 Å². The van der Waals surface area contributed by atoms with Gasteiger partial charge in [-0.05, 0) is 48.0 Å². The molecule has 0 amide bonds. The number of aromatic nitrogens is 2. The average Bonchev–Trinajstić information content (AvgIpc) is 2.88. The number of nitrogens with one attached hydrogen (secondary N) is 1. The Morgan fingerprint density at radius 3 is 2.79 bits per heavy atom. The maximum absolute atomic E-state index is 5.80. The van der Waals surface area contributed by atoms with E-state index in [0.29, 0.717) is 11.8 Å². The van der Waals surface area contributed by atoms with E-state index in [1.807, 2.05) is 25.1 Å². The first-order valence-electron chi connectivity index (χ1n) is 6.49. The van der Waals surface area contributed by atoms with Crippen LogP contribution in [0.25, 0.3) is 11.5 Å². The molecule has 1 aromatic carbocycles. The number of rotatable bonds is 5. The van der Waals surface area contributed by atoms with E-state index in [9.17, 15) is 0 Å². The Hall–Kier alpha value is -1.20. The van der Waals surface area contributed by atoms with Crippen LogP contribution in [0, 0.1) is 6.92 Å². The van der Waals surface area contributed by atoms with E-state index in [1.54, 1.807) is 0 Å². The summed E-state index contributed by atoms with van der Waals surface area (Å²) in [5.41, 5.74) is 2.10. The van der Waals surface area contributed by atoms with Gasteiger partial charge in [-0.3, -0.25) is 0 Å². The van der Waals surface area contributed by atoms with Crippen LogP contribution in [0.4, 0.5) is 0 Å². The van der Waals surface area contributed by atoms with Crippen LogP contribution in [0.5, 0.6) is 0 Å². The molecule has 0 spiro atoms. The first-order valence-corrected chi connectivity index (χ1v) is 7.28. The van der Waals surface area contributed by atoms with Gasteiger partial charge in [0.05, 0.1) is 11.6 Å². The van der Waals surface area contributed by atoms with Gasteiger partial charge >= 0.3 is 0 Å². The van der Waals surface area contributed by atoms with Crippen molar-refractivity contribution in [2.45, 2.75) is 33.2 Å². The first kappa shape index (κ1) is 14.2. The Morgan fingerprint density at radius 1 is 1.32 bits per heavy atom. The quantitative estimate of drug-likeness (QED) is 0.907. The van der Waals surface area contributed by atoms with Crippen LogP contribution in [-0.2, 0) is 0 Å². The standard InChI is InChI=1S/C14H18BrN3O/c1-4-12(16-5-2)14-18-17-13(19-14)10-8-9(3)6-7-11(10)15/h6-8,12,16H,4-5H2,1-3H3. The molecule has 0 fully saturated rings. The topological polar surface area (TPSA) is 51.0 Å². The molecule has 0 aliphatic carbocycles. The molecule has 0 radical (unpaired) electrons. The fourth-order valence-corrected chi connectivity index (χ4v) is 2.36. The smallest absolute Gasteiger partial charge is 0.248 e. The summed E-state index contributed by atoms with van der Waals surface area (Å²) in [6.07, 6.45) is 0.921. The van der Waals surface area contributed by atoms with Crippen molar-refractivity contribution >= 4 is 15.9 Å². The van der Waals surface area contributed by atoms with E-state index in [4.69, 9.17) is 4.42 Å². The SMILES string of the molecule is CCNC(CC)c1nnc(-c2cc(C)ccc2Br)o1. The molecular weight excluding hydrogens is 306 g/mol. The third-order valence-electron chi connectivity index (χ3n) is 2.95. The maximum Gasteiger partial charge on any atom is 0.248 e. The normalized spacial score (nSPS) is 12.6. The minimum absolute atomic E-state index is 0.120. The van der Waals surface area contributed by atoms with Crippen LogP contribution in [0.1, 0.15) is 37.8 Å². The highest BCUT2D eigenvalue weighted by molar-refractivity contribution is 9.10. The van der Waals surface area contributed by atoms with Crippen LogP contribution in [0.2, 0.25) is 0 Å². The van der Waals surface area contributed by atoms with Crippen LogP contribution in [0.3, 0.4) is 0 Å². The number of hydrogen-bond acceptors (Lipinski definition) is 4. The molecule has 0 saturated heterocycles. The van der Waals surface area contributed by atoms with Crippen molar-refractivity contribution in [1.29, 1.82) is 0 Å². The van der Waals surface area contributed by atoms with E-state index in [1.165, 1.54) is 0 Å². The Kier molecular flexibility index (Phi) is 4.71. The molecule has 2 rings (SSSR count). The molecule has 5 heteroatoms. The van der Waals surface area contributed by atoms with Gasteiger partial charge in [-0.2, -0.15) is 0 Å². The molecule has 0 aliphatic heterocycles. The second-order valence-corrected chi connectivity index (χ2v) is 5.30. The molecule has 19 heavy (non-hydrogen) atoms. The highest BCUT2D eigenvalue weighted by Crippen LogP contribution is 2.29. The lowest BCUT2D eigenvalue weighted by Crippen LogP contribution is -2.20. The van der Waals surface area contributed by atoms with Gasteiger partial charge in [0, 0.05) is 4.47 Å². The van der Waals surface area contributed by atoms with Crippen molar-refractivity contribution in [2.24, 2.45) is 0 Å². The molecular formula is C14H18BrN3O. The molecule has 1 atom stereocenters. The van der Waals surface area contributed by atoms with E-state index >= 15 is 0 Å². The summed E-state index contributed by atoms with van der Waals surface area (Å²) in [7, 11) is 0. The van der Waals surface area contributed by atoms with Crippen molar-refractivity contribution in [3.8, 4) is 11.5 Å². The fourth-order valence-electron chi connectivity index (χ4n) is 1.94. The second-order valence-electron chi connectivity index (χ2n) is 4.45. The van der Waals surface area contributed by atoms with E-state index in [0.717, 1.165) is 28.6 Å². The number of benzene rings is 1. The summed E-state index contributed by atoms with van der Waals surface area (Å²) in [5, 5.41) is 11.6. The van der Waals surface area contributed by atoms with Crippen LogP contribution in [-0.4, -0.2) is 16.7 Å². The zero-order chi connectivity index (χ0) is 13.8. The Balaban J connectivity index is 2.32. The average molecular weight is 324 g/mol. The summed E-state index contributed by atoms with van der Waals surface area (Å²) >= 11 is 3.52. The van der Waals surface area contributed by atoms with E-state index in [2.05, 4.69) is 45.3 Å². The third kappa shape index (κ3) is 3.22. The molecule has 0 aliphatic rings. The van der Waals surface area contributed by atoms with Crippen molar-refractivity contribution < 1.29 is 4.42 Å². The van der Waals surface area contributed by atoms with Gasteiger partial charge in [0.1, 0.15) is 0 Å². The van der Waals surface area contributed by atoms with Crippen LogP contribution in [0.15, 0.2) is 27.1 Å². The van der Waals surface area contributed by atoms with Gasteiger partial charge in [0.2, 0.25) is 11.8 Å². The second kappa shape index (κ2) is 6.30. The summed E-state index contributed by atoms with van der Waals surface area (Å²) in [6.45, 7) is 7.09. The molecule has 2 aromatic rings. The zero-order valence-electron chi connectivity index (χ0n) is 11.4. The molecule has 0 saturated carbocycles. The van der Waals surface area contributed by atoms with Gasteiger partial charge < -0.3 is 9.73 Å². The summed E-state index contributed by atoms with van der Waals surface area (Å²) < 4.78 is 6.76. The van der Waals surface area contributed by atoms with Crippen LogP contribution < -0.4 is 5.32 Å². The monoisotopic (exact) mass is 323 g/mol. The minimum Gasteiger partial charge on any atom is -0.419 e. The lowest BCUT2D eigenvalue weighted by Gasteiger charge is -2.10. The number of hydrogen-bond donors (Lipinski definition) is 1. The lowest BCUT2D eigenvalue weighted by atomic mass is 10.1. The lowest BCUT2D eigenvalue weighted by molar-refractivity contribution is 0.402. The molecule has 1 unspecified atom stereocenters. The first-order chi connectivity index (χ1) is 9.15. The third-order valence-corrected chi connectivity index (χ3v) is 3.64. The Morgan fingerprint density at radius 2 is 2.11 bits per heavy atom. The van der Waals surface area contributed by atoms with Crippen LogP contribution >= 0.6 is 15.9 Å². The predicted molar refractivity (Wildman–Crippen MR) is 78.9 cm³/mol. The van der Waals surface area contributed by atoms with Crippen molar-refractivity contribution in [3.63, 3.8) is 0 Å². The zero-order valence-corrected chi connectivity index (χ0v) is 13.0. The highest BCUT2D eigenvalue weighted by atomic mass is 79.9. The number of aryl methyl sites for hydroxylation is 1. The Labute approximate surface area is 121 Å². The van der Waals surface area contributed by atoms with Gasteiger partial charge in [-0.25, -0.2) is 0 Å². The predicted octanol–water partition coefficient (Wildman–Crippen LogP) is 3.87. The van der Waals surface area contributed by atoms with E-state index < -0.39 is 0 Å². The molecule has 1 N–H and O–H groups in total. The Bertz CT molecular complexity index is 553. The number of nitrogens with zero attached hydrogens (tertiary/aromatic N) is 2. The molecule has 1 heterocycles. The van der Waals surface area contributed by atoms with Crippen molar-refractivity contribution in [1.82, 2.24) is 15.5 Å². The van der Waals surface area contributed by atoms with Gasteiger partial charge in [-0.1, -0.05) is 25.5 Å². The van der Waals surface area contributed by atoms with E-state index in [-0.39, 0.29) is 6.04 Å². The largest absolute Gasteiger partial charge is 0.419 e. The molecule has 102 valence electrons. The molecule has 1 aromatic heterocycles. The summed E-state index contributed by atoms with van der Waals surface area (Å²) in [4.78, 5) is 0. The summed E-state index contributed by atoms with van der Waals surface area (Å²) in [6, 6.07) is 6.19. The van der Waals surface area contributed by atoms with Gasteiger partial charge in [0.25, 0.3) is 0 Å². The minimum atomic E-state index is 0.120.